The van der Waals surface area contributed by atoms with Crippen LogP contribution < -0.4 is 0 Å². The monoisotopic (exact) mass is 600 g/mol. The Morgan fingerprint density at radius 2 is 1.21 bits per heavy atom. The van der Waals surface area contributed by atoms with Crippen molar-refractivity contribution in [2.45, 2.75) is 0 Å². The van der Waals surface area contributed by atoms with Crippen molar-refractivity contribution >= 4 is 65.7 Å². The Balaban J connectivity index is 1.30. The molecule has 10 aromatic rings. The molecule has 0 aliphatic carbocycles. The first-order chi connectivity index (χ1) is 23.3. The fraction of sp³-hybridized carbons (Fsp3) is 0. The van der Waals surface area contributed by atoms with Crippen LogP contribution in [0.5, 0.6) is 0 Å². The Morgan fingerprint density at radius 1 is 0.468 bits per heavy atom. The number of nitriles is 1. The Morgan fingerprint density at radius 3 is 2.11 bits per heavy atom. The van der Waals surface area contributed by atoms with Crippen LogP contribution in [0.3, 0.4) is 0 Å². The molecule has 0 N–H and O–H groups in total. The number of rotatable bonds is 3. The van der Waals surface area contributed by atoms with Gasteiger partial charge in [-0.15, -0.1) is 0 Å². The normalized spacial score (nSPS) is 11.8. The standard InChI is InChI=1S/C43H24N2O2/c44-25-28-21-23-32(34-15-8-14-33-31-13-5-7-19-39(31)46-42(33)34)40-35-16-9-18-37(43(35)47-41(28)40)45-36-17-6-4-12-29(36)30-22-20-27(24-38(30)45)26-10-2-1-3-11-26/h1-24H. The summed E-state index contributed by atoms with van der Waals surface area (Å²) >= 11 is 0. The minimum absolute atomic E-state index is 0.497. The molecule has 0 aliphatic rings. The van der Waals surface area contributed by atoms with Crippen LogP contribution in [0.15, 0.2) is 154 Å². The van der Waals surface area contributed by atoms with Crippen molar-refractivity contribution in [3.05, 3.63) is 151 Å². The third kappa shape index (κ3) is 3.63. The first-order valence-corrected chi connectivity index (χ1v) is 15.7. The summed E-state index contributed by atoms with van der Waals surface area (Å²) in [5.41, 5.74) is 10.8. The van der Waals surface area contributed by atoms with Gasteiger partial charge in [0.1, 0.15) is 17.2 Å². The number of para-hydroxylation sites is 4. The average molecular weight is 601 g/mol. The molecular weight excluding hydrogens is 576 g/mol. The summed E-state index contributed by atoms with van der Waals surface area (Å²) in [6.07, 6.45) is 0. The smallest absolute Gasteiger partial charge is 0.159 e. The van der Waals surface area contributed by atoms with E-state index in [1.807, 2.05) is 36.4 Å². The fourth-order valence-electron chi connectivity index (χ4n) is 7.38. The third-order valence-corrected chi connectivity index (χ3v) is 9.46. The van der Waals surface area contributed by atoms with Crippen molar-refractivity contribution in [1.29, 1.82) is 5.26 Å². The molecule has 4 nitrogen and oxygen atoms in total. The van der Waals surface area contributed by atoms with Gasteiger partial charge in [0, 0.05) is 37.9 Å². The van der Waals surface area contributed by atoms with E-state index in [-0.39, 0.29) is 0 Å². The van der Waals surface area contributed by atoms with Crippen molar-refractivity contribution in [2.24, 2.45) is 0 Å². The first kappa shape index (κ1) is 25.7. The highest BCUT2D eigenvalue weighted by molar-refractivity contribution is 6.20. The zero-order valence-electron chi connectivity index (χ0n) is 25.1. The largest absolute Gasteiger partial charge is 0.455 e. The summed E-state index contributed by atoms with van der Waals surface area (Å²) in [5, 5.41) is 16.6. The van der Waals surface area contributed by atoms with Crippen LogP contribution in [-0.4, -0.2) is 4.57 Å². The first-order valence-electron chi connectivity index (χ1n) is 15.7. The molecule has 0 bridgehead atoms. The molecule has 47 heavy (non-hydrogen) atoms. The van der Waals surface area contributed by atoms with Gasteiger partial charge in [0.15, 0.2) is 11.2 Å². The van der Waals surface area contributed by atoms with Crippen molar-refractivity contribution in [3.8, 4) is 34.0 Å². The van der Waals surface area contributed by atoms with E-state index in [1.54, 1.807) is 0 Å². The van der Waals surface area contributed by atoms with Gasteiger partial charge in [0.2, 0.25) is 0 Å². The Bertz CT molecular complexity index is 2920. The summed E-state index contributed by atoms with van der Waals surface area (Å²) in [4.78, 5) is 0. The molecule has 10 rings (SSSR count). The van der Waals surface area contributed by atoms with E-state index in [9.17, 15) is 5.26 Å². The highest BCUT2D eigenvalue weighted by Crippen LogP contribution is 2.45. The van der Waals surface area contributed by atoms with Crippen LogP contribution in [-0.2, 0) is 0 Å². The maximum atomic E-state index is 10.2. The van der Waals surface area contributed by atoms with E-state index in [2.05, 4.69) is 120 Å². The van der Waals surface area contributed by atoms with Gasteiger partial charge < -0.3 is 13.4 Å². The molecule has 0 saturated carbocycles. The topological polar surface area (TPSA) is 55.0 Å². The summed E-state index contributed by atoms with van der Waals surface area (Å²) in [6.45, 7) is 0. The van der Waals surface area contributed by atoms with Gasteiger partial charge in [0.25, 0.3) is 0 Å². The number of hydrogen-bond donors (Lipinski definition) is 0. The molecule has 3 aromatic heterocycles. The molecular formula is C43H24N2O2. The zero-order valence-corrected chi connectivity index (χ0v) is 25.1. The Labute approximate surface area is 268 Å². The van der Waals surface area contributed by atoms with Gasteiger partial charge in [-0.3, -0.25) is 0 Å². The van der Waals surface area contributed by atoms with Gasteiger partial charge >= 0.3 is 0 Å². The lowest BCUT2D eigenvalue weighted by Crippen LogP contribution is -1.94. The zero-order chi connectivity index (χ0) is 31.1. The molecule has 4 heteroatoms. The molecule has 7 aromatic carbocycles. The number of hydrogen-bond acceptors (Lipinski definition) is 3. The van der Waals surface area contributed by atoms with Crippen molar-refractivity contribution < 1.29 is 8.83 Å². The predicted molar refractivity (Wildman–Crippen MR) is 191 cm³/mol. The molecule has 0 amide bonds. The molecule has 0 aliphatic heterocycles. The summed E-state index contributed by atoms with van der Waals surface area (Å²) in [6, 6.07) is 52.6. The molecule has 0 radical (unpaired) electrons. The fourth-order valence-corrected chi connectivity index (χ4v) is 7.38. The number of furan rings is 2. The van der Waals surface area contributed by atoms with E-state index in [0.717, 1.165) is 77.3 Å². The molecule has 0 spiro atoms. The second-order valence-corrected chi connectivity index (χ2v) is 12.0. The Hall–Kier alpha value is -6.57. The van der Waals surface area contributed by atoms with Crippen LogP contribution in [0.1, 0.15) is 5.56 Å². The van der Waals surface area contributed by atoms with Crippen molar-refractivity contribution in [1.82, 2.24) is 4.57 Å². The summed E-state index contributed by atoms with van der Waals surface area (Å²) in [5.74, 6) is 0. The minimum Gasteiger partial charge on any atom is -0.455 e. The summed E-state index contributed by atoms with van der Waals surface area (Å²) in [7, 11) is 0. The van der Waals surface area contributed by atoms with Gasteiger partial charge in [-0.2, -0.15) is 5.26 Å². The SMILES string of the molecule is N#Cc1ccc(-c2cccc3c2oc2ccccc23)c2c1oc1c(-n3c4ccccc4c4ccc(-c5ccccc5)cc43)cccc12. The highest BCUT2D eigenvalue weighted by atomic mass is 16.3. The van der Waals surface area contributed by atoms with Crippen LogP contribution in [0.4, 0.5) is 0 Å². The van der Waals surface area contributed by atoms with Gasteiger partial charge in [-0.1, -0.05) is 115 Å². The molecule has 0 saturated heterocycles. The van der Waals surface area contributed by atoms with Crippen LogP contribution >= 0.6 is 0 Å². The van der Waals surface area contributed by atoms with Gasteiger partial charge in [-0.25, -0.2) is 0 Å². The lowest BCUT2D eigenvalue weighted by Gasteiger charge is -2.10. The molecule has 0 fully saturated rings. The van der Waals surface area contributed by atoms with Crippen molar-refractivity contribution in [3.63, 3.8) is 0 Å². The molecule has 3 heterocycles. The predicted octanol–water partition coefficient (Wildman–Crippen LogP) is 11.8. The second-order valence-electron chi connectivity index (χ2n) is 12.0. The maximum Gasteiger partial charge on any atom is 0.159 e. The lowest BCUT2D eigenvalue weighted by molar-refractivity contribution is 0.665. The van der Waals surface area contributed by atoms with E-state index in [1.165, 1.54) is 10.8 Å². The molecule has 218 valence electrons. The Kier molecular flexibility index (Phi) is 5.32. The van der Waals surface area contributed by atoms with Gasteiger partial charge in [0.05, 0.1) is 22.3 Å². The second kappa shape index (κ2) is 9.71. The highest BCUT2D eigenvalue weighted by Gasteiger charge is 2.23. The van der Waals surface area contributed by atoms with Crippen LogP contribution in [0.25, 0.3) is 93.6 Å². The molecule has 0 unspecified atom stereocenters. The average Bonchev–Trinajstić information content (AvgIpc) is 3.81. The van der Waals surface area contributed by atoms with E-state index >= 15 is 0 Å². The van der Waals surface area contributed by atoms with Crippen LogP contribution in [0, 0.1) is 11.3 Å². The third-order valence-electron chi connectivity index (χ3n) is 9.46. The van der Waals surface area contributed by atoms with Crippen molar-refractivity contribution in [2.75, 3.05) is 0 Å². The lowest BCUT2D eigenvalue weighted by atomic mass is 9.96. The van der Waals surface area contributed by atoms with E-state index in [0.29, 0.717) is 11.1 Å². The summed E-state index contributed by atoms with van der Waals surface area (Å²) < 4.78 is 15.6. The van der Waals surface area contributed by atoms with Gasteiger partial charge in [-0.05, 0) is 47.0 Å². The van der Waals surface area contributed by atoms with E-state index < -0.39 is 0 Å². The van der Waals surface area contributed by atoms with Crippen LogP contribution in [0.2, 0.25) is 0 Å². The number of benzene rings is 7. The number of nitrogens with zero attached hydrogens (tertiary/aromatic N) is 2. The number of fused-ring (bicyclic) bond motifs is 9. The minimum atomic E-state index is 0.497. The quantitative estimate of drug-likeness (QED) is 0.203. The van der Waals surface area contributed by atoms with E-state index in [4.69, 9.17) is 8.83 Å². The molecule has 0 atom stereocenters. The maximum absolute atomic E-state index is 10.2. The number of aromatic nitrogens is 1.